The molecule has 0 saturated heterocycles. The molecule has 2 aromatic rings. The minimum absolute atomic E-state index is 0.0262. The summed E-state index contributed by atoms with van der Waals surface area (Å²) in [5.41, 5.74) is 1.90. The average molecular weight is 352 g/mol. The standard InChI is InChI=1S/C22H28N2O2/c1-24(20-12-6-3-7-13-20)16-22(25)23-19-11-8-14-21(15-19)26-17-18-9-4-2-5-10-18/h2,4-5,8-11,14-15,20H,3,6-7,12-13,16-17H2,1H3,(H,23,25). The largest absolute Gasteiger partial charge is 0.489 e. The first-order valence-corrected chi connectivity index (χ1v) is 9.47. The number of rotatable bonds is 7. The Morgan fingerprint density at radius 1 is 1.08 bits per heavy atom. The van der Waals surface area contributed by atoms with Crippen LogP contribution in [0, 0.1) is 0 Å². The molecule has 138 valence electrons. The Labute approximate surface area is 156 Å². The summed E-state index contributed by atoms with van der Waals surface area (Å²) in [5, 5.41) is 2.99. The summed E-state index contributed by atoms with van der Waals surface area (Å²) >= 11 is 0. The van der Waals surface area contributed by atoms with Gasteiger partial charge < -0.3 is 10.1 Å². The fourth-order valence-corrected chi connectivity index (χ4v) is 3.48. The van der Waals surface area contributed by atoms with Crippen molar-refractivity contribution < 1.29 is 9.53 Å². The van der Waals surface area contributed by atoms with Crippen molar-refractivity contribution in [2.75, 3.05) is 18.9 Å². The summed E-state index contributed by atoms with van der Waals surface area (Å²) in [6.07, 6.45) is 6.28. The molecule has 2 aromatic carbocycles. The number of ether oxygens (including phenoxy) is 1. The van der Waals surface area contributed by atoms with E-state index in [9.17, 15) is 4.79 Å². The van der Waals surface area contributed by atoms with E-state index in [4.69, 9.17) is 4.74 Å². The zero-order valence-corrected chi connectivity index (χ0v) is 15.5. The van der Waals surface area contributed by atoms with Gasteiger partial charge in [-0.2, -0.15) is 0 Å². The van der Waals surface area contributed by atoms with Crippen LogP contribution in [0.25, 0.3) is 0 Å². The van der Waals surface area contributed by atoms with Gasteiger partial charge in [0.25, 0.3) is 0 Å². The summed E-state index contributed by atoms with van der Waals surface area (Å²) in [7, 11) is 2.05. The number of amides is 1. The molecule has 1 amide bonds. The Bertz CT molecular complexity index is 696. The van der Waals surface area contributed by atoms with Crippen LogP contribution in [0.2, 0.25) is 0 Å². The van der Waals surface area contributed by atoms with E-state index in [1.54, 1.807) is 0 Å². The molecule has 1 fully saturated rings. The topological polar surface area (TPSA) is 41.6 Å². The van der Waals surface area contributed by atoms with Gasteiger partial charge in [0.15, 0.2) is 0 Å². The highest BCUT2D eigenvalue weighted by atomic mass is 16.5. The van der Waals surface area contributed by atoms with Gasteiger partial charge in [-0.1, -0.05) is 55.7 Å². The predicted octanol–water partition coefficient (Wildman–Crippen LogP) is 4.47. The summed E-state index contributed by atoms with van der Waals surface area (Å²) in [4.78, 5) is 14.5. The fraction of sp³-hybridized carbons (Fsp3) is 0.409. The van der Waals surface area contributed by atoms with Gasteiger partial charge in [0.2, 0.25) is 5.91 Å². The van der Waals surface area contributed by atoms with Crippen LogP contribution in [0.5, 0.6) is 5.75 Å². The van der Waals surface area contributed by atoms with E-state index in [0.717, 1.165) is 17.0 Å². The number of benzene rings is 2. The van der Waals surface area contributed by atoms with Crippen molar-refractivity contribution in [3.8, 4) is 5.75 Å². The van der Waals surface area contributed by atoms with Crippen LogP contribution in [0.4, 0.5) is 5.69 Å². The molecule has 0 atom stereocenters. The molecule has 0 heterocycles. The van der Waals surface area contributed by atoms with Gasteiger partial charge in [0, 0.05) is 17.8 Å². The highest BCUT2D eigenvalue weighted by molar-refractivity contribution is 5.92. The maximum absolute atomic E-state index is 12.4. The molecule has 0 aromatic heterocycles. The molecule has 0 bridgehead atoms. The molecule has 0 aliphatic heterocycles. The van der Waals surface area contributed by atoms with E-state index in [0.29, 0.717) is 19.2 Å². The van der Waals surface area contributed by atoms with Gasteiger partial charge in [-0.25, -0.2) is 0 Å². The molecule has 0 radical (unpaired) electrons. The molecular formula is C22H28N2O2. The third-order valence-electron chi connectivity index (χ3n) is 4.96. The third-order valence-corrected chi connectivity index (χ3v) is 4.96. The van der Waals surface area contributed by atoms with Gasteiger partial charge >= 0.3 is 0 Å². The second-order valence-corrected chi connectivity index (χ2v) is 7.06. The minimum atomic E-state index is 0.0262. The maximum atomic E-state index is 12.4. The zero-order chi connectivity index (χ0) is 18.2. The number of carbonyl (C=O) groups excluding carboxylic acids is 1. The second-order valence-electron chi connectivity index (χ2n) is 7.06. The average Bonchev–Trinajstić information content (AvgIpc) is 2.68. The van der Waals surface area contributed by atoms with Gasteiger partial charge in [0.05, 0.1) is 6.54 Å². The fourth-order valence-electron chi connectivity index (χ4n) is 3.48. The molecule has 0 spiro atoms. The number of hydrogen-bond acceptors (Lipinski definition) is 3. The number of anilines is 1. The summed E-state index contributed by atoms with van der Waals surface area (Å²) in [6, 6.07) is 18.2. The Morgan fingerprint density at radius 3 is 2.62 bits per heavy atom. The van der Waals surface area contributed by atoms with E-state index in [1.807, 2.05) is 54.6 Å². The van der Waals surface area contributed by atoms with Crippen LogP contribution < -0.4 is 10.1 Å². The van der Waals surface area contributed by atoms with Gasteiger partial charge in [-0.15, -0.1) is 0 Å². The third kappa shape index (κ3) is 5.60. The Hall–Kier alpha value is -2.33. The number of likely N-dealkylation sites (N-methyl/N-ethyl adjacent to an activating group) is 1. The quantitative estimate of drug-likeness (QED) is 0.799. The molecule has 1 aliphatic rings. The maximum Gasteiger partial charge on any atom is 0.238 e. The van der Waals surface area contributed by atoms with Crippen molar-refractivity contribution in [3.05, 3.63) is 60.2 Å². The molecule has 4 nitrogen and oxygen atoms in total. The highest BCUT2D eigenvalue weighted by Gasteiger charge is 2.19. The van der Waals surface area contributed by atoms with Crippen molar-refractivity contribution in [1.29, 1.82) is 0 Å². The lowest BCUT2D eigenvalue weighted by atomic mass is 9.94. The van der Waals surface area contributed by atoms with Crippen molar-refractivity contribution >= 4 is 11.6 Å². The van der Waals surface area contributed by atoms with Gasteiger partial charge in [-0.05, 0) is 37.6 Å². The molecule has 1 saturated carbocycles. The number of nitrogens with zero attached hydrogens (tertiary/aromatic N) is 1. The lowest BCUT2D eigenvalue weighted by Crippen LogP contribution is -2.39. The van der Waals surface area contributed by atoms with Gasteiger partial charge in [0.1, 0.15) is 12.4 Å². The molecule has 4 heteroatoms. The number of carbonyl (C=O) groups is 1. The lowest BCUT2D eigenvalue weighted by Gasteiger charge is -2.30. The second kappa shape index (κ2) is 9.39. The molecule has 1 aliphatic carbocycles. The summed E-state index contributed by atoms with van der Waals surface area (Å²) in [6.45, 7) is 0.947. The minimum Gasteiger partial charge on any atom is -0.489 e. The van der Waals surface area contributed by atoms with Crippen LogP contribution in [0.15, 0.2) is 54.6 Å². The molecule has 1 N–H and O–H groups in total. The van der Waals surface area contributed by atoms with Crippen molar-refractivity contribution in [1.82, 2.24) is 4.90 Å². The molecule has 26 heavy (non-hydrogen) atoms. The number of nitrogens with one attached hydrogen (secondary N) is 1. The van der Waals surface area contributed by atoms with E-state index in [-0.39, 0.29) is 5.91 Å². The monoisotopic (exact) mass is 352 g/mol. The smallest absolute Gasteiger partial charge is 0.238 e. The van der Waals surface area contributed by atoms with Crippen molar-refractivity contribution in [2.45, 2.75) is 44.8 Å². The van der Waals surface area contributed by atoms with E-state index < -0.39 is 0 Å². The van der Waals surface area contributed by atoms with E-state index in [1.165, 1.54) is 32.1 Å². The Morgan fingerprint density at radius 2 is 1.85 bits per heavy atom. The van der Waals surface area contributed by atoms with Crippen LogP contribution in [0.3, 0.4) is 0 Å². The highest BCUT2D eigenvalue weighted by Crippen LogP contribution is 2.22. The Kier molecular flexibility index (Phi) is 6.67. The first-order valence-electron chi connectivity index (χ1n) is 9.47. The van der Waals surface area contributed by atoms with Gasteiger partial charge in [-0.3, -0.25) is 9.69 Å². The SMILES string of the molecule is CN(CC(=O)Nc1cccc(OCc2ccccc2)c1)C1CCCCC1. The Balaban J connectivity index is 1.50. The summed E-state index contributed by atoms with van der Waals surface area (Å²) in [5.74, 6) is 0.783. The van der Waals surface area contributed by atoms with Crippen LogP contribution >= 0.6 is 0 Å². The molecule has 3 rings (SSSR count). The van der Waals surface area contributed by atoms with Crippen LogP contribution in [-0.4, -0.2) is 30.4 Å². The molecule has 0 unspecified atom stereocenters. The molecular weight excluding hydrogens is 324 g/mol. The van der Waals surface area contributed by atoms with Crippen molar-refractivity contribution in [3.63, 3.8) is 0 Å². The van der Waals surface area contributed by atoms with E-state index in [2.05, 4.69) is 17.3 Å². The first kappa shape index (κ1) is 18.5. The number of hydrogen-bond donors (Lipinski definition) is 1. The predicted molar refractivity (Wildman–Crippen MR) is 105 cm³/mol. The van der Waals surface area contributed by atoms with Crippen LogP contribution in [-0.2, 0) is 11.4 Å². The van der Waals surface area contributed by atoms with Crippen molar-refractivity contribution in [2.24, 2.45) is 0 Å². The zero-order valence-electron chi connectivity index (χ0n) is 15.5. The van der Waals surface area contributed by atoms with Crippen LogP contribution in [0.1, 0.15) is 37.7 Å². The lowest BCUT2D eigenvalue weighted by molar-refractivity contribution is -0.117. The van der Waals surface area contributed by atoms with E-state index >= 15 is 0 Å². The summed E-state index contributed by atoms with van der Waals surface area (Å²) < 4.78 is 5.83. The normalized spacial score (nSPS) is 15.0. The first-order chi connectivity index (χ1) is 12.7.